The zero-order valence-corrected chi connectivity index (χ0v) is 21.9. The molecular formula is C28H30F3N5O3. The average molecular weight is 542 g/mol. The SMILES string of the molecule is C[C@@H]1CN(C(=O)[C@@H]2CN(c3ccc(=O)n(C)n3)C[C@H]2c2ncc(F)cc2F)C[C@H](C)C1(O)c1ccccc1F. The molecule has 5 rings (SSSR count). The lowest BCUT2D eigenvalue weighted by atomic mass is 9.70. The highest BCUT2D eigenvalue weighted by atomic mass is 19.1. The summed E-state index contributed by atoms with van der Waals surface area (Å²) in [7, 11) is 1.51. The standard InChI is InChI=1S/C28H30F3N5O3/c1-16-12-36(13-17(2)28(16,39)21-6-4-5-7-22(21)30)27(38)20-15-35(24-8-9-25(37)34(3)33-24)14-19(20)26-23(31)10-18(29)11-32-26/h4-11,16-17,19-20,39H,12-15H2,1-3H3/t16-,17+,19-,20-,28?/m1/s1. The van der Waals surface area contributed by atoms with E-state index in [1.54, 1.807) is 47.9 Å². The number of amides is 1. The van der Waals surface area contributed by atoms with Crippen molar-refractivity contribution in [1.82, 2.24) is 19.7 Å². The summed E-state index contributed by atoms with van der Waals surface area (Å²) < 4.78 is 44.4. The van der Waals surface area contributed by atoms with E-state index in [4.69, 9.17) is 0 Å². The molecule has 1 amide bonds. The molecule has 39 heavy (non-hydrogen) atoms. The third kappa shape index (κ3) is 4.69. The monoisotopic (exact) mass is 541 g/mol. The van der Waals surface area contributed by atoms with E-state index in [2.05, 4.69) is 10.1 Å². The van der Waals surface area contributed by atoms with Gasteiger partial charge in [-0.3, -0.25) is 14.6 Å². The Morgan fingerprint density at radius 1 is 1.00 bits per heavy atom. The minimum Gasteiger partial charge on any atom is -0.384 e. The van der Waals surface area contributed by atoms with Gasteiger partial charge in [-0.15, -0.1) is 0 Å². The Labute approximate surface area is 223 Å². The molecule has 0 radical (unpaired) electrons. The van der Waals surface area contributed by atoms with E-state index < -0.39 is 46.7 Å². The molecule has 4 heterocycles. The molecule has 2 fully saturated rings. The topological polar surface area (TPSA) is 91.6 Å². The Balaban J connectivity index is 1.46. The average Bonchev–Trinajstić information content (AvgIpc) is 3.33. The van der Waals surface area contributed by atoms with Gasteiger partial charge in [0, 0.05) is 68.7 Å². The van der Waals surface area contributed by atoms with Crippen LogP contribution in [0.1, 0.15) is 31.0 Å². The summed E-state index contributed by atoms with van der Waals surface area (Å²) in [6.07, 6.45) is 0.923. The highest BCUT2D eigenvalue weighted by molar-refractivity contribution is 5.82. The second-order valence-corrected chi connectivity index (χ2v) is 10.6. The lowest BCUT2D eigenvalue weighted by Crippen LogP contribution is -2.57. The first-order valence-electron chi connectivity index (χ1n) is 12.9. The molecule has 0 spiro atoms. The Kier molecular flexibility index (Phi) is 6.96. The fraction of sp³-hybridized carbons (Fsp3) is 0.429. The summed E-state index contributed by atoms with van der Waals surface area (Å²) in [5.41, 5.74) is -1.61. The van der Waals surface area contributed by atoms with Crippen molar-refractivity contribution in [2.24, 2.45) is 24.8 Å². The van der Waals surface area contributed by atoms with Crippen molar-refractivity contribution in [2.45, 2.75) is 25.4 Å². The van der Waals surface area contributed by atoms with Crippen LogP contribution in [-0.2, 0) is 17.4 Å². The summed E-state index contributed by atoms with van der Waals surface area (Å²) >= 11 is 0. The van der Waals surface area contributed by atoms with Crippen LogP contribution in [0.4, 0.5) is 19.0 Å². The molecule has 1 aromatic carbocycles. The Morgan fingerprint density at radius 2 is 1.69 bits per heavy atom. The number of rotatable bonds is 4. The molecule has 2 aliphatic heterocycles. The van der Waals surface area contributed by atoms with E-state index in [0.29, 0.717) is 5.82 Å². The second-order valence-electron chi connectivity index (χ2n) is 10.6. The van der Waals surface area contributed by atoms with Gasteiger partial charge in [-0.25, -0.2) is 17.9 Å². The number of aryl methyl sites for hydroxylation is 1. The van der Waals surface area contributed by atoms with Gasteiger partial charge in [-0.1, -0.05) is 32.0 Å². The van der Waals surface area contributed by atoms with Crippen LogP contribution in [0.5, 0.6) is 0 Å². The number of nitrogens with zero attached hydrogens (tertiary/aromatic N) is 5. The highest BCUT2D eigenvalue weighted by Gasteiger charge is 2.50. The van der Waals surface area contributed by atoms with Crippen molar-refractivity contribution in [2.75, 3.05) is 31.1 Å². The van der Waals surface area contributed by atoms with E-state index >= 15 is 0 Å². The first-order valence-corrected chi connectivity index (χ1v) is 12.9. The maximum Gasteiger partial charge on any atom is 0.266 e. The molecule has 5 atom stereocenters. The number of carbonyl (C=O) groups excluding carboxylic acids is 1. The third-order valence-corrected chi connectivity index (χ3v) is 8.20. The summed E-state index contributed by atoms with van der Waals surface area (Å²) in [6, 6.07) is 9.75. The molecular weight excluding hydrogens is 511 g/mol. The number of carbonyl (C=O) groups is 1. The Hall–Kier alpha value is -3.73. The van der Waals surface area contributed by atoms with Crippen LogP contribution in [0, 0.1) is 35.2 Å². The van der Waals surface area contributed by atoms with Gasteiger partial charge in [0.15, 0.2) is 0 Å². The Morgan fingerprint density at radius 3 is 2.33 bits per heavy atom. The van der Waals surface area contributed by atoms with Crippen molar-refractivity contribution < 1.29 is 23.1 Å². The number of likely N-dealkylation sites (tertiary alicyclic amines) is 1. The van der Waals surface area contributed by atoms with Gasteiger partial charge in [-0.05, 0) is 12.1 Å². The van der Waals surface area contributed by atoms with Crippen molar-refractivity contribution in [1.29, 1.82) is 0 Å². The predicted octanol–water partition coefficient (Wildman–Crippen LogP) is 2.81. The molecule has 2 aliphatic rings. The van der Waals surface area contributed by atoms with Crippen LogP contribution in [0.3, 0.4) is 0 Å². The van der Waals surface area contributed by atoms with Gasteiger partial charge >= 0.3 is 0 Å². The van der Waals surface area contributed by atoms with Crippen molar-refractivity contribution >= 4 is 11.7 Å². The lowest BCUT2D eigenvalue weighted by Gasteiger charge is -2.48. The van der Waals surface area contributed by atoms with Crippen LogP contribution >= 0.6 is 0 Å². The third-order valence-electron chi connectivity index (χ3n) is 8.20. The van der Waals surface area contributed by atoms with Gasteiger partial charge in [0.25, 0.3) is 5.56 Å². The summed E-state index contributed by atoms with van der Waals surface area (Å²) in [4.78, 5) is 33.3. The van der Waals surface area contributed by atoms with E-state index in [9.17, 15) is 27.9 Å². The maximum absolute atomic E-state index is 14.9. The lowest BCUT2D eigenvalue weighted by molar-refractivity contribution is -0.153. The van der Waals surface area contributed by atoms with E-state index in [-0.39, 0.29) is 48.9 Å². The summed E-state index contributed by atoms with van der Waals surface area (Å²) in [6.45, 7) is 4.22. The van der Waals surface area contributed by atoms with E-state index in [1.807, 2.05) is 0 Å². The number of anilines is 1. The number of aromatic nitrogens is 3. The molecule has 2 aromatic heterocycles. The molecule has 11 heteroatoms. The number of hydrogen-bond donors (Lipinski definition) is 1. The van der Waals surface area contributed by atoms with Crippen molar-refractivity contribution in [3.05, 3.63) is 87.7 Å². The smallest absolute Gasteiger partial charge is 0.266 e. The number of benzene rings is 1. The van der Waals surface area contributed by atoms with Gasteiger partial charge in [0.1, 0.15) is 28.9 Å². The first kappa shape index (κ1) is 26.9. The highest BCUT2D eigenvalue weighted by Crippen LogP contribution is 2.44. The zero-order chi connectivity index (χ0) is 28.1. The van der Waals surface area contributed by atoms with Crippen LogP contribution in [-0.4, -0.2) is 56.9 Å². The number of halogens is 3. The molecule has 8 nitrogen and oxygen atoms in total. The summed E-state index contributed by atoms with van der Waals surface area (Å²) in [5, 5.41) is 15.9. The molecule has 1 unspecified atom stereocenters. The molecule has 0 bridgehead atoms. The van der Waals surface area contributed by atoms with Crippen LogP contribution in [0.2, 0.25) is 0 Å². The van der Waals surface area contributed by atoms with Crippen molar-refractivity contribution in [3.8, 4) is 0 Å². The maximum atomic E-state index is 14.9. The van der Waals surface area contributed by atoms with Gasteiger partial charge in [-0.2, -0.15) is 5.10 Å². The fourth-order valence-electron chi connectivity index (χ4n) is 6.11. The fourth-order valence-corrected chi connectivity index (χ4v) is 6.11. The van der Waals surface area contributed by atoms with Gasteiger partial charge in [0.05, 0.1) is 17.8 Å². The van der Waals surface area contributed by atoms with E-state index in [1.165, 1.54) is 23.9 Å². The molecule has 0 saturated carbocycles. The molecule has 1 N–H and O–H groups in total. The second kappa shape index (κ2) is 10.1. The zero-order valence-electron chi connectivity index (χ0n) is 21.9. The Bertz CT molecular complexity index is 1450. The first-order chi connectivity index (χ1) is 18.5. The summed E-state index contributed by atoms with van der Waals surface area (Å²) in [5.74, 6) is -4.46. The number of piperidine rings is 1. The molecule has 0 aliphatic carbocycles. The normalized spacial score (nSPS) is 27.2. The molecule has 3 aromatic rings. The van der Waals surface area contributed by atoms with Gasteiger partial charge < -0.3 is 14.9 Å². The van der Waals surface area contributed by atoms with Gasteiger partial charge in [0.2, 0.25) is 5.91 Å². The molecule has 206 valence electrons. The van der Waals surface area contributed by atoms with Crippen LogP contribution in [0.25, 0.3) is 0 Å². The number of pyridine rings is 1. The van der Waals surface area contributed by atoms with Crippen LogP contribution < -0.4 is 10.5 Å². The predicted molar refractivity (Wildman–Crippen MR) is 137 cm³/mol. The molecule has 2 saturated heterocycles. The minimum absolute atomic E-state index is 0.0250. The quantitative estimate of drug-likeness (QED) is 0.547. The number of aliphatic hydroxyl groups is 1. The largest absolute Gasteiger partial charge is 0.384 e. The van der Waals surface area contributed by atoms with Crippen LogP contribution in [0.15, 0.2) is 53.5 Å². The minimum atomic E-state index is -1.48. The van der Waals surface area contributed by atoms with Crippen molar-refractivity contribution in [3.63, 3.8) is 0 Å². The number of hydrogen-bond acceptors (Lipinski definition) is 6. The van der Waals surface area contributed by atoms with E-state index in [0.717, 1.165) is 12.3 Å².